The maximum Gasteiger partial charge on any atom is 0.460 e. The van der Waals surface area contributed by atoms with Crippen molar-refractivity contribution in [3.8, 4) is 0 Å². The van der Waals surface area contributed by atoms with Crippen molar-refractivity contribution >= 4 is 9.84 Å². The number of benzene rings is 2. The van der Waals surface area contributed by atoms with Crippen LogP contribution < -0.4 is 4.57 Å². The fourth-order valence-electron chi connectivity index (χ4n) is 4.42. The zero-order chi connectivity index (χ0) is 30.4. The van der Waals surface area contributed by atoms with Gasteiger partial charge in [0.2, 0.25) is 6.33 Å². The predicted molar refractivity (Wildman–Crippen MR) is 124 cm³/mol. The highest BCUT2D eigenvalue weighted by molar-refractivity contribution is 7.91. The van der Waals surface area contributed by atoms with Crippen LogP contribution in [0.5, 0.6) is 0 Å². The number of hydrogen-bond donors (Lipinski definition) is 1. The average Bonchev–Trinajstić information content (AvgIpc) is 3.30. The number of aromatic nitrogens is 2. The summed E-state index contributed by atoms with van der Waals surface area (Å²) in [5.41, 5.74) is -1.06. The predicted octanol–water partition coefficient (Wildman–Crippen LogP) is 5.71. The van der Waals surface area contributed by atoms with Crippen LogP contribution in [0.15, 0.2) is 79.4 Å². The molecule has 0 unspecified atom stereocenters. The number of nitrogens with zero attached hydrogens (tertiary/aromatic N) is 2. The maximum atomic E-state index is 14.2. The van der Waals surface area contributed by atoms with Crippen molar-refractivity contribution in [1.29, 1.82) is 0 Å². The Morgan fingerprint density at radius 3 is 1.65 bits per heavy atom. The first-order valence-electron chi connectivity index (χ1n) is 11.5. The van der Waals surface area contributed by atoms with Gasteiger partial charge in [-0.25, -0.2) is 17.6 Å². The van der Waals surface area contributed by atoms with Crippen LogP contribution in [-0.2, 0) is 21.3 Å². The van der Waals surface area contributed by atoms with Gasteiger partial charge in [-0.3, -0.25) is 0 Å². The van der Waals surface area contributed by atoms with Gasteiger partial charge in [-0.1, -0.05) is 74.5 Å². The van der Waals surface area contributed by atoms with E-state index in [9.17, 15) is 53.0 Å². The molecule has 2 aromatic carbocycles. The number of alkyl halides is 9. The first-order valence-corrected chi connectivity index (χ1v) is 13.2. The summed E-state index contributed by atoms with van der Waals surface area (Å²) in [5.74, 6) is -17.2. The highest BCUT2D eigenvalue weighted by Gasteiger charge is 2.85. The van der Waals surface area contributed by atoms with Gasteiger partial charge in [0.05, 0.1) is 0 Å². The minimum absolute atomic E-state index is 0.383. The van der Waals surface area contributed by atoms with E-state index in [1.54, 1.807) is 74.5 Å². The molecule has 0 saturated heterocycles. The summed E-state index contributed by atoms with van der Waals surface area (Å²) < 4.78 is 146. The molecule has 0 radical (unpaired) electrons. The summed E-state index contributed by atoms with van der Waals surface area (Å²) in [5, 5.41) is 5.32. The zero-order valence-corrected chi connectivity index (χ0v) is 21.7. The summed E-state index contributed by atoms with van der Waals surface area (Å²) in [4.78, 5) is 0. The Kier molecular flexibility index (Phi) is 8.18. The van der Waals surface area contributed by atoms with Crippen LogP contribution in [0.4, 0.5) is 39.5 Å². The highest BCUT2D eigenvalue weighted by atomic mass is 32.2. The minimum Gasteiger partial charge on any atom is -0.376 e. The number of halogens is 9. The summed E-state index contributed by atoms with van der Waals surface area (Å²) in [6.07, 6.45) is -4.37. The Hall–Kier alpha value is -3.07. The van der Waals surface area contributed by atoms with Crippen LogP contribution >= 0.6 is 0 Å². The molecule has 40 heavy (non-hydrogen) atoms. The number of rotatable bonds is 10. The number of aliphatic hydroxyl groups is 1. The molecule has 0 spiro atoms. The lowest BCUT2D eigenvalue weighted by atomic mass is 9.75. The maximum absolute atomic E-state index is 14.2. The second-order valence-corrected chi connectivity index (χ2v) is 11.5. The molecule has 3 aromatic rings. The standard InChI is InChI=1S/C25H24F9N2O3S/c1-17(2)20(21(37,18-9-5-3-6-10-18)19-11-7-4-8-12-19)36-14-13-35(15-36)16-40(38,39)25(33,34)23(28,29)22(26,27)24(30,31)32/h3-15,17,20,37H,16H2,1-2H3/q+1/t20-/m0/s1. The zero-order valence-electron chi connectivity index (χ0n) is 20.8. The second kappa shape index (κ2) is 10.4. The van der Waals surface area contributed by atoms with Crippen LogP contribution in [0, 0.1) is 5.92 Å². The van der Waals surface area contributed by atoms with Crippen molar-refractivity contribution in [2.24, 2.45) is 5.92 Å². The van der Waals surface area contributed by atoms with Gasteiger partial charge in [-0.15, -0.1) is 0 Å². The van der Waals surface area contributed by atoms with Crippen molar-refractivity contribution in [3.05, 3.63) is 90.5 Å². The Morgan fingerprint density at radius 1 is 0.800 bits per heavy atom. The average molecular weight is 604 g/mol. The Labute approximate surface area is 223 Å². The van der Waals surface area contributed by atoms with E-state index in [0.717, 1.165) is 18.7 Å². The summed E-state index contributed by atoms with van der Waals surface area (Å²) in [6.45, 7) is 3.35. The van der Waals surface area contributed by atoms with Crippen LogP contribution in [0.25, 0.3) is 0 Å². The Bertz CT molecular complexity index is 1370. The van der Waals surface area contributed by atoms with Crippen molar-refractivity contribution in [3.63, 3.8) is 0 Å². The summed E-state index contributed by atoms with van der Waals surface area (Å²) in [6, 6.07) is 15.4. The van der Waals surface area contributed by atoms with Gasteiger partial charge in [0.25, 0.3) is 9.84 Å². The van der Waals surface area contributed by atoms with Crippen molar-refractivity contribution in [2.75, 3.05) is 0 Å². The molecule has 0 amide bonds. The van der Waals surface area contributed by atoms with E-state index in [1.165, 1.54) is 4.57 Å². The number of sulfone groups is 1. The monoisotopic (exact) mass is 603 g/mol. The van der Waals surface area contributed by atoms with Crippen LogP contribution in [0.1, 0.15) is 31.0 Å². The lowest BCUT2D eigenvalue weighted by Gasteiger charge is -2.37. The van der Waals surface area contributed by atoms with E-state index < -0.39 is 56.6 Å². The molecule has 1 N–H and O–H groups in total. The van der Waals surface area contributed by atoms with E-state index in [2.05, 4.69) is 0 Å². The topological polar surface area (TPSA) is 63.2 Å². The van der Waals surface area contributed by atoms with Crippen molar-refractivity contribution < 1.29 is 57.6 Å². The molecule has 0 aliphatic rings. The normalized spacial score (nSPS) is 14.9. The second-order valence-electron chi connectivity index (χ2n) is 9.47. The fraction of sp³-hybridized carbons (Fsp3) is 0.400. The van der Waals surface area contributed by atoms with E-state index in [-0.39, 0.29) is 0 Å². The van der Waals surface area contributed by atoms with Crippen LogP contribution in [0.2, 0.25) is 0 Å². The molecule has 0 bridgehead atoms. The molecule has 1 heterocycles. The molecule has 3 rings (SSSR count). The molecular formula is C25H24F9N2O3S+. The van der Waals surface area contributed by atoms with Gasteiger partial charge in [-0.2, -0.15) is 39.5 Å². The van der Waals surface area contributed by atoms with Gasteiger partial charge in [0, 0.05) is 0 Å². The first-order chi connectivity index (χ1) is 18.2. The third-order valence-corrected chi connectivity index (χ3v) is 8.02. The van der Waals surface area contributed by atoms with E-state index >= 15 is 0 Å². The molecular weight excluding hydrogens is 579 g/mol. The van der Waals surface area contributed by atoms with Crippen molar-refractivity contribution in [2.45, 2.75) is 54.6 Å². The quantitative estimate of drug-likeness (QED) is 0.239. The third-order valence-electron chi connectivity index (χ3n) is 6.35. The minimum atomic E-state index is -7.35. The number of imidazole rings is 1. The fourth-order valence-corrected chi connectivity index (χ4v) is 5.65. The van der Waals surface area contributed by atoms with Gasteiger partial charge in [0.1, 0.15) is 18.4 Å². The molecule has 1 aromatic heterocycles. The summed E-state index contributed by atoms with van der Waals surface area (Å²) >= 11 is 0. The summed E-state index contributed by atoms with van der Waals surface area (Å²) in [7, 11) is -6.66. The first kappa shape index (κ1) is 31.5. The highest BCUT2D eigenvalue weighted by Crippen LogP contribution is 2.55. The smallest absolute Gasteiger partial charge is 0.376 e. The molecule has 0 aliphatic heterocycles. The number of hydrogen-bond acceptors (Lipinski definition) is 3. The van der Waals surface area contributed by atoms with Crippen LogP contribution in [0.3, 0.4) is 0 Å². The van der Waals surface area contributed by atoms with Crippen molar-refractivity contribution in [1.82, 2.24) is 4.57 Å². The third kappa shape index (κ3) is 5.08. The van der Waals surface area contributed by atoms with Crippen LogP contribution in [-0.4, -0.2) is 41.4 Å². The molecule has 15 heteroatoms. The lowest BCUT2D eigenvalue weighted by Crippen LogP contribution is -2.64. The molecule has 0 saturated carbocycles. The molecule has 0 aliphatic carbocycles. The van der Waals surface area contributed by atoms with Gasteiger partial charge < -0.3 is 5.11 Å². The van der Waals surface area contributed by atoms with Gasteiger partial charge in [-0.05, 0) is 17.0 Å². The van der Waals surface area contributed by atoms with Gasteiger partial charge in [0.15, 0.2) is 11.5 Å². The molecule has 0 fully saturated rings. The molecule has 5 nitrogen and oxygen atoms in total. The van der Waals surface area contributed by atoms with E-state index in [4.69, 9.17) is 0 Å². The SMILES string of the molecule is CC(C)[C@H](n1cc[n+](CS(=O)(=O)C(F)(F)C(F)(F)C(F)(F)C(F)(F)F)c1)C(O)(c1ccccc1)c1ccccc1. The lowest BCUT2D eigenvalue weighted by molar-refractivity contribution is -0.677. The molecule has 220 valence electrons. The Balaban J connectivity index is 2.07. The largest absolute Gasteiger partial charge is 0.460 e. The van der Waals surface area contributed by atoms with E-state index in [1.807, 2.05) is 0 Å². The molecule has 1 atom stereocenters. The Morgan fingerprint density at radius 2 is 1.25 bits per heavy atom. The van der Waals surface area contributed by atoms with E-state index in [0.29, 0.717) is 15.7 Å². The van der Waals surface area contributed by atoms with Gasteiger partial charge >= 0.3 is 23.3 Å².